The van der Waals surface area contributed by atoms with E-state index >= 15 is 0 Å². The second-order valence-electron chi connectivity index (χ2n) is 8.36. The number of amides is 1. The average Bonchev–Trinajstić information content (AvgIpc) is 2.78. The Balaban J connectivity index is 1.54. The predicted octanol–water partition coefficient (Wildman–Crippen LogP) is 2.94. The molecule has 0 atom stereocenters. The van der Waals surface area contributed by atoms with E-state index in [-0.39, 0.29) is 11.3 Å². The highest BCUT2D eigenvalue weighted by molar-refractivity contribution is 5.79. The summed E-state index contributed by atoms with van der Waals surface area (Å²) in [6.07, 6.45) is 8.78. The molecule has 1 aliphatic carbocycles. The summed E-state index contributed by atoms with van der Waals surface area (Å²) in [6, 6.07) is 0. The van der Waals surface area contributed by atoms with Gasteiger partial charge in [0.05, 0.1) is 13.2 Å². The van der Waals surface area contributed by atoms with Crippen LogP contribution in [-0.4, -0.2) is 61.6 Å². The molecule has 0 bridgehead atoms. The highest BCUT2D eigenvalue weighted by Crippen LogP contribution is 2.36. The molecule has 24 heavy (non-hydrogen) atoms. The Morgan fingerprint density at radius 2 is 1.92 bits per heavy atom. The Morgan fingerprint density at radius 3 is 2.58 bits per heavy atom. The first-order valence-electron chi connectivity index (χ1n) is 9.82. The second kappa shape index (κ2) is 8.01. The van der Waals surface area contributed by atoms with E-state index < -0.39 is 0 Å². The van der Waals surface area contributed by atoms with Crippen molar-refractivity contribution in [1.82, 2.24) is 9.80 Å². The zero-order chi connectivity index (χ0) is 17.0. The molecule has 4 heteroatoms. The summed E-state index contributed by atoms with van der Waals surface area (Å²) in [6.45, 7) is 12.7. The topological polar surface area (TPSA) is 32.8 Å². The zero-order valence-corrected chi connectivity index (χ0v) is 15.3. The summed E-state index contributed by atoms with van der Waals surface area (Å²) < 4.78 is 5.91. The molecule has 3 aliphatic rings. The molecule has 136 valence electrons. The Kier molecular flexibility index (Phi) is 5.98. The second-order valence-corrected chi connectivity index (χ2v) is 8.36. The van der Waals surface area contributed by atoms with Gasteiger partial charge in [-0.3, -0.25) is 9.69 Å². The minimum absolute atomic E-state index is 0.234. The van der Waals surface area contributed by atoms with Crippen LogP contribution in [0.5, 0.6) is 0 Å². The molecule has 0 aromatic heterocycles. The molecular formula is C20H34N2O2. The zero-order valence-electron chi connectivity index (χ0n) is 15.3. The summed E-state index contributed by atoms with van der Waals surface area (Å²) in [5.41, 5.74) is 0.234. The summed E-state index contributed by atoms with van der Waals surface area (Å²) >= 11 is 0. The van der Waals surface area contributed by atoms with E-state index in [0.717, 1.165) is 77.5 Å². The third-order valence-corrected chi connectivity index (χ3v) is 6.41. The van der Waals surface area contributed by atoms with Crippen molar-refractivity contribution in [2.45, 2.75) is 45.4 Å². The molecule has 0 aromatic carbocycles. The molecule has 1 amide bonds. The lowest BCUT2D eigenvalue weighted by molar-refractivity contribution is -0.140. The maximum Gasteiger partial charge on any atom is 0.225 e. The molecule has 2 heterocycles. The van der Waals surface area contributed by atoms with Gasteiger partial charge in [-0.2, -0.15) is 0 Å². The number of likely N-dealkylation sites (tertiary alicyclic amines) is 1. The maximum atomic E-state index is 12.8. The van der Waals surface area contributed by atoms with Gasteiger partial charge in [0.1, 0.15) is 0 Å². The lowest BCUT2D eigenvalue weighted by Crippen LogP contribution is -2.50. The van der Waals surface area contributed by atoms with Crippen molar-refractivity contribution in [3.63, 3.8) is 0 Å². The van der Waals surface area contributed by atoms with Crippen LogP contribution in [0, 0.1) is 17.3 Å². The summed E-state index contributed by atoms with van der Waals surface area (Å²) in [7, 11) is 0. The van der Waals surface area contributed by atoms with E-state index in [0.29, 0.717) is 5.91 Å². The quantitative estimate of drug-likeness (QED) is 0.744. The van der Waals surface area contributed by atoms with Gasteiger partial charge in [-0.15, -0.1) is 6.58 Å². The van der Waals surface area contributed by atoms with Crippen LogP contribution in [0.1, 0.15) is 45.4 Å². The van der Waals surface area contributed by atoms with Gasteiger partial charge in [-0.25, -0.2) is 0 Å². The molecule has 0 unspecified atom stereocenters. The highest BCUT2D eigenvalue weighted by atomic mass is 16.5. The maximum absolute atomic E-state index is 12.8. The highest BCUT2D eigenvalue weighted by Gasteiger charge is 2.40. The normalized spacial score (nSPS) is 31.6. The fraction of sp³-hybridized carbons (Fsp3) is 0.850. The van der Waals surface area contributed by atoms with E-state index in [4.69, 9.17) is 4.74 Å². The van der Waals surface area contributed by atoms with Gasteiger partial charge < -0.3 is 9.64 Å². The number of hydrogen-bond acceptors (Lipinski definition) is 3. The van der Waals surface area contributed by atoms with Crippen LogP contribution in [0.4, 0.5) is 0 Å². The van der Waals surface area contributed by atoms with Crippen LogP contribution in [0.15, 0.2) is 12.7 Å². The van der Waals surface area contributed by atoms with Gasteiger partial charge in [0, 0.05) is 44.1 Å². The largest absolute Gasteiger partial charge is 0.379 e. The molecule has 4 nitrogen and oxygen atoms in total. The SMILES string of the molecule is C=CCN1CCOCC2(CCN(C(=O)C3CCC(C)CC3)CC2)C1. The van der Waals surface area contributed by atoms with Crippen molar-refractivity contribution in [3.8, 4) is 0 Å². The minimum Gasteiger partial charge on any atom is -0.379 e. The Morgan fingerprint density at radius 1 is 1.21 bits per heavy atom. The van der Waals surface area contributed by atoms with Crippen LogP contribution >= 0.6 is 0 Å². The summed E-state index contributed by atoms with van der Waals surface area (Å²) in [5, 5.41) is 0. The molecule has 0 aromatic rings. The molecule has 3 rings (SSSR count). The van der Waals surface area contributed by atoms with Gasteiger partial charge in [-0.05, 0) is 44.4 Å². The Hall–Kier alpha value is -0.870. The number of hydrogen-bond donors (Lipinski definition) is 0. The van der Waals surface area contributed by atoms with Gasteiger partial charge in [-0.1, -0.05) is 13.0 Å². The number of rotatable bonds is 3. The average molecular weight is 335 g/mol. The van der Waals surface area contributed by atoms with Crippen molar-refractivity contribution in [1.29, 1.82) is 0 Å². The van der Waals surface area contributed by atoms with Gasteiger partial charge >= 0.3 is 0 Å². The first-order valence-corrected chi connectivity index (χ1v) is 9.82. The third kappa shape index (κ3) is 4.20. The Labute approximate surface area is 147 Å². The van der Waals surface area contributed by atoms with Crippen molar-refractivity contribution in [3.05, 3.63) is 12.7 Å². The number of ether oxygens (including phenoxy) is 1. The third-order valence-electron chi connectivity index (χ3n) is 6.41. The minimum atomic E-state index is 0.234. The van der Waals surface area contributed by atoms with Crippen molar-refractivity contribution in [2.24, 2.45) is 17.3 Å². The standard InChI is InChI=1S/C20H34N2O2/c1-3-10-21-13-14-24-16-20(15-21)8-11-22(12-9-20)19(23)18-6-4-17(2)5-7-18/h3,17-18H,1,4-16H2,2H3. The fourth-order valence-corrected chi connectivity index (χ4v) is 4.69. The molecule has 1 spiro atoms. The molecule has 3 fully saturated rings. The summed E-state index contributed by atoms with van der Waals surface area (Å²) in [5.74, 6) is 1.52. The van der Waals surface area contributed by atoms with E-state index in [2.05, 4.69) is 23.3 Å². The van der Waals surface area contributed by atoms with Gasteiger partial charge in [0.2, 0.25) is 5.91 Å². The molecule has 1 saturated carbocycles. The van der Waals surface area contributed by atoms with E-state index in [1.54, 1.807) is 0 Å². The van der Waals surface area contributed by atoms with Crippen molar-refractivity contribution >= 4 is 5.91 Å². The lowest BCUT2D eigenvalue weighted by atomic mass is 9.77. The molecule has 0 N–H and O–H groups in total. The van der Waals surface area contributed by atoms with Crippen LogP contribution in [-0.2, 0) is 9.53 Å². The number of piperidine rings is 1. The van der Waals surface area contributed by atoms with Crippen LogP contribution < -0.4 is 0 Å². The van der Waals surface area contributed by atoms with Crippen LogP contribution in [0.3, 0.4) is 0 Å². The van der Waals surface area contributed by atoms with Gasteiger partial charge in [0.15, 0.2) is 0 Å². The molecule has 2 aliphatic heterocycles. The Bertz CT molecular complexity index is 435. The van der Waals surface area contributed by atoms with Gasteiger partial charge in [0.25, 0.3) is 0 Å². The predicted molar refractivity (Wildman–Crippen MR) is 96.8 cm³/mol. The first-order chi connectivity index (χ1) is 11.6. The van der Waals surface area contributed by atoms with Crippen LogP contribution in [0.2, 0.25) is 0 Å². The summed E-state index contributed by atoms with van der Waals surface area (Å²) in [4.78, 5) is 17.4. The molecular weight excluding hydrogens is 300 g/mol. The number of carbonyl (C=O) groups excluding carboxylic acids is 1. The first kappa shape index (κ1) is 17.9. The van der Waals surface area contributed by atoms with E-state index in [1.807, 2.05) is 6.08 Å². The van der Waals surface area contributed by atoms with E-state index in [1.165, 1.54) is 12.8 Å². The lowest BCUT2D eigenvalue weighted by Gasteiger charge is -2.43. The van der Waals surface area contributed by atoms with Crippen molar-refractivity contribution in [2.75, 3.05) is 45.9 Å². The van der Waals surface area contributed by atoms with Crippen LogP contribution in [0.25, 0.3) is 0 Å². The molecule has 2 saturated heterocycles. The number of nitrogens with zero attached hydrogens (tertiary/aromatic N) is 2. The number of carbonyl (C=O) groups is 1. The smallest absolute Gasteiger partial charge is 0.225 e. The van der Waals surface area contributed by atoms with E-state index in [9.17, 15) is 4.79 Å². The molecule has 0 radical (unpaired) electrons. The monoisotopic (exact) mass is 334 g/mol. The fourth-order valence-electron chi connectivity index (χ4n) is 4.69. The van der Waals surface area contributed by atoms with Crippen molar-refractivity contribution < 1.29 is 9.53 Å².